The molecule has 0 unspecified atom stereocenters. The van der Waals surface area contributed by atoms with Gasteiger partial charge in [0.15, 0.2) is 9.84 Å². The molecule has 2 fully saturated rings. The second-order valence-corrected chi connectivity index (χ2v) is 10.6. The Balaban J connectivity index is 1.70. The Bertz CT molecular complexity index is 786. The summed E-state index contributed by atoms with van der Waals surface area (Å²) >= 11 is 0. The molecule has 0 spiro atoms. The molecule has 29 heavy (non-hydrogen) atoms. The van der Waals surface area contributed by atoms with Gasteiger partial charge in [-0.05, 0) is 49.9 Å². The maximum Gasteiger partial charge on any atom is 0.230 e. The van der Waals surface area contributed by atoms with E-state index in [2.05, 4.69) is 10.2 Å². The predicted octanol–water partition coefficient (Wildman–Crippen LogP) is 2.25. The minimum Gasteiger partial charge on any atom is -0.395 e. The molecule has 1 atom stereocenters. The number of amides is 1. The average molecular weight is 423 g/mol. The van der Waals surface area contributed by atoms with Gasteiger partial charge in [-0.2, -0.15) is 0 Å². The highest BCUT2D eigenvalue weighted by atomic mass is 32.2. The molecule has 1 aromatic carbocycles. The van der Waals surface area contributed by atoms with E-state index in [1.165, 1.54) is 6.26 Å². The summed E-state index contributed by atoms with van der Waals surface area (Å²) in [7, 11) is -3.25. The summed E-state index contributed by atoms with van der Waals surface area (Å²) in [5.41, 5.74) is 0.334. The summed E-state index contributed by atoms with van der Waals surface area (Å²) in [6, 6.07) is 7.07. The maximum absolute atomic E-state index is 13.3. The highest BCUT2D eigenvalue weighted by molar-refractivity contribution is 7.90. The number of nitrogens with zero attached hydrogens (tertiary/aromatic N) is 1. The third-order valence-corrected chi connectivity index (χ3v) is 7.75. The van der Waals surface area contributed by atoms with Crippen LogP contribution in [0.2, 0.25) is 0 Å². The number of nitrogens with one attached hydrogen (secondary N) is 1. The number of likely N-dealkylation sites (tertiary alicyclic amines) is 1. The van der Waals surface area contributed by atoms with Gasteiger partial charge in [0, 0.05) is 25.4 Å². The number of carbonyl (C=O) groups excluding carboxylic acids is 1. The quantitative estimate of drug-likeness (QED) is 0.704. The van der Waals surface area contributed by atoms with Gasteiger partial charge >= 0.3 is 0 Å². The molecular weight excluding hydrogens is 388 g/mol. The van der Waals surface area contributed by atoms with E-state index in [9.17, 15) is 18.3 Å². The Labute approximate surface area is 174 Å². The molecule has 1 saturated heterocycles. The third kappa shape index (κ3) is 5.19. The lowest BCUT2D eigenvalue weighted by molar-refractivity contribution is -0.128. The summed E-state index contributed by atoms with van der Waals surface area (Å²) in [5.74, 6) is 0.0434. The largest absolute Gasteiger partial charge is 0.395 e. The standard InChI is InChI=1S/C22H34N2O4S/c1-29(27,28)20-10-8-18(9-11-20)22(12-4-2-5-13-22)21(26)23-14-16-24-15-6-3-7-19(24)17-25/h8-11,19,25H,2-7,12-17H2,1H3,(H,23,26)/t19-/m1/s1. The van der Waals surface area contributed by atoms with Gasteiger partial charge in [-0.25, -0.2) is 8.42 Å². The summed E-state index contributed by atoms with van der Waals surface area (Å²) < 4.78 is 23.6. The van der Waals surface area contributed by atoms with Crippen molar-refractivity contribution < 1.29 is 18.3 Å². The molecule has 0 radical (unpaired) electrons. The predicted molar refractivity (Wildman–Crippen MR) is 114 cm³/mol. The van der Waals surface area contributed by atoms with Crippen molar-refractivity contribution in [1.82, 2.24) is 10.2 Å². The minimum atomic E-state index is -3.25. The lowest BCUT2D eigenvalue weighted by Gasteiger charge is -2.37. The SMILES string of the molecule is CS(=O)(=O)c1ccc(C2(C(=O)NCCN3CCCC[C@@H]3CO)CCCCC2)cc1. The van der Waals surface area contributed by atoms with Crippen molar-refractivity contribution in [2.24, 2.45) is 0 Å². The van der Waals surface area contributed by atoms with Gasteiger partial charge in [0.2, 0.25) is 5.91 Å². The highest BCUT2D eigenvalue weighted by Crippen LogP contribution is 2.40. The fourth-order valence-corrected chi connectivity index (χ4v) is 5.50. The second kappa shape index (κ2) is 9.58. The molecular formula is C22H34N2O4S. The monoisotopic (exact) mass is 422 g/mol. The molecule has 7 heteroatoms. The molecule has 1 heterocycles. The lowest BCUT2D eigenvalue weighted by Crippen LogP contribution is -2.50. The van der Waals surface area contributed by atoms with Gasteiger partial charge in [-0.3, -0.25) is 9.69 Å². The molecule has 2 N–H and O–H groups in total. The van der Waals surface area contributed by atoms with E-state index in [0.717, 1.165) is 70.0 Å². The zero-order valence-electron chi connectivity index (χ0n) is 17.4. The lowest BCUT2D eigenvalue weighted by atomic mass is 9.68. The molecule has 2 aliphatic rings. The number of rotatable bonds is 7. The zero-order chi connectivity index (χ0) is 20.9. The first-order valence-corrected chi connectivity index (χ1v) is 12.7. The van der Waals surface area contributed by atoms with E-state index in [1.807, 2.05) is 12.1 Å². The first-order chi connectivity index (χ1) is 13.9. The van der Waals surface area contributed by atoms with Crippen molar-refractivity contribution >= 4 is 15.7 Å². The number of aliphatic hydroxyl groups excluding tert-OH is 1. The first kappa shape index (κ1) is 22.2. The van der Waals surface area contributed by atoms with Crippen molar-refractivity contribution in [3.05, 3.63) is 29.8 Å². The number of carbonyl (C=O) groups is 1. The van der Waals surface area contributed by atoms with Gasteiger partial charge in [0.05, 0.1) is 16.9 Å². The van der Waals surface area contributed by atoms with Crippen LogP contribution in [0.25, 0.3) is 0 Å². The number of hydrogen-bond donors (Lipinski definition) is 2. The molecule has 0 aromatic heterocycles. The van der Waals surface area contributed by atoms with Crippen molar-refractivity contribution in [3.8, 4) is 0 Å². The zero-order valence-corrected chi connectivity index (χ0v) is 18.2. The molecule has 1 amide bonds. The normalized spacial score (nSPS) is 22.9. The number of sulfone groups is 1. The van der Waals surface area contributed by atoms with Crippen molar-refractivity contribution in [2.45, 2.75) is 67.7 Å². The molecule has 6 nitrogen and oxygen atoms in total. The summed E-state index contributed by atoms with van der Waals surface area (Å²) in [4.78, 5) is 15.9. The summed E-state index contributed by atoms with van der Waals surface area (Å²) in [5, 5.41) is 12.7. The molecule has 0 bridgehead atoms. The van der Waals surface area contributed by atoms with Gasteiger partial charge in [0.1, 0.15) is 0 Å². The third-order valence-electron chi connectivity index (χ3n) is 6.62. The second-order valence-electron chi connectivity index (χ2n) is 8.56. The molecule has 1 aliphatic carbocycles. The molecule has 1 aromatic rings. The van der Waals surface area contributed by atoms with Crippen LogP contribution in [0.1, 0.15) is 56.9 Å². The smallest absolute Gasteiger partial charge is 0.230 e. The van der Waals surface area contributed by atoms with Gasteiger partial charge < -0.3 is 10.4 Å². The molecule has 1 saturated carbocycles. The van der Waals surface area contributed by atoms with E-state index in [-0.39, 0.29) is 23.5 Å². The van der Waals surface area contributed by atoms with Crippen LogP contribution in [0.5, 0.6) is 0 Å². The van der Waals surface area contributed by atoms with Crippen LogP contribution in [-0.2, 0) is 20.0 Å². The van der Waals surface area contributed by atoms with E-state index in [4.69, 9.17) is 0 Å². The van der Waals surface area contributed by atoms with Gasteiger partial charge in [0.25, 0.3) is 0 Å². The summed E-state index contributed by atoms with van der Waals surface area (Å²) in [6.45, 7) is 2.46. The Morgan fingerprint density at radius 1 is 1.14 bits per heavy atom. The van der Waals surface area contributed by atoms with E-state index < -0.39 is 15.3 Å². The van der Waals surface area contributed by atoms with E-state index in [1.54, 1.807) is 12.1 Å². The Morgan fingerprint density at radius 3 is 2.45 bits per heavy atom. The number of benzene rings is 1. The fraction of sp³-hybridized carbons (Fsp3) is 0.682. The van der Waals surface area contributed by atoms with E-state index >= 15 is 0 Å². The Hall–Kier alpha value is -1.44. The van der Waals surface area contributed by atoms with Crippen molar-refractivity contribution in [3.63, 3.8) is 0 Å². The topological polar surface area (TPSA) is 86.7 Å². The van der Waals surface area contributed by atoms with E-state index in [0.29, 0.717) is 6.54 Å². The maximum atomic E-state index is 13.3. The van der Waals surface area contributed by atoms with Crippen molar-refractivity contribution in [1.29, 1.82) is 0 Å². The van der Waals surface area contributed by atoms with Crippen LogP contribution in [0.4, 0.5) is 0 Å². The fourth-order valence-electron chi connectivity index (χ4n) is 4.87. The van der Waals surface area contributed by atoms with Crippen LogP contribution in [0, 0.1) is 0 Å². The minimum absolute atomic E-state index is 0.0434. The van der Waals surface area contributed by atoms with Crippen LogP contribution in [0.3, 0.4) is 0 Å². The van der Waals surface area contributed by atoms with Crippen LogP contribution in [0.15, 0.2) is 29.2 Å². The van der Waals surface area contributed by atoms with Gasteiger partial charge in [-0.1, -0.05) is 37.8 Å². The molecule has 3 rings (SSSR count). The Morgan fingerprint density at radius 2 is 1.83 bits per heavy atom. The van der Waals surface area contributed by atoms with Crippen molar-refractivity contribution in [2.75, 3.05) is 32.5 Å². The Kier molecular flexibility index (Phi) is 7.35. The number of aliphatic hydroxyl groups is 1. The highest BCUT2D eigenvalue weighted by Gasteiger charge is 2.41. The first-order valence-electron chi connectivity index (χ1n) is 10.8. The average Bonchev–Trinajstić information content (AvgIpc) is 2.74. The molecule has 1 aliphatic heterocycles. The number of hydrogen-bond acceptors (Lipinski definition) is 5. The van der Waals surface area contributed by atoms with Gasteiger partial charge in [-0.15, -0.1) is 0 Å². The number of piperidine rings is 1. The van der Waals surface area contributed by atoms with Crippen LogP contribution >= 0.6 is 0 Å². The molecule has 162 valence electrons. The van der Waals surface area contributed by atoms with Crippen LogP contribution < -0.4 is 5.32 Å². The summed E-state index contributed by atoms with van der Waals surface area (Å²) in [6.07, 6.45) is 9.22. The van der Waals surface area contributed by atoms with Crippen LogP contribution in [-0.4, -0.2) is 62.9 Å².